The normalized spacial score (nSPS) is 17.5. The van der Waals surface area contributed by atoms with E-state index in [1.807, 2.05) is 43.5 Å². The smallest absolute Gasteiger partial charge is 0.139 e. The van der Waals surface area contributed by atoms with Crippen molar-refractivity contribution in [2.24, 2.45) is 4.99 Å². The molecule has 0 amide bonds. The fourth-order valence-electron chi connectivity index (χ4n) is 3.50. The molecule has 2 aliphatic heterocycles. The van der Waals surface area contributed by atoms with Crippen LogP contribution in [0.3, 0.4) is 0 Å². The van der Waals surface area contributed by atoms with Gasteiger partial charge in [0.25, 0.3) is 0 Å². The van der Waals surface area contributed by atoms with E-state index in [0.717, 1.165) is 40.5 Å². The molecular weight excluding hydrogens is 314 g/mol. The third-order valence-electron chi connectivity index (χ3n) is 4.70. The van der Waals surface area contributed by atoms with Crippen molar-refractivity contribution in [3.05, 3.63) is 58.9 Å². The minimum Gasteiger partial charge on any atom is -0.493 e. The number of fused-ring (bicyclic) bond motifs is 2. The summed E-state index contributed by atoms with van der Waals surface area (Å²) in [5.74, 6) is 2.16. The highest BCUT2D eigenvalue weighted by Crippen LogP contribution is 2.35. The van der Waals surface area contributed by atoms with Crippen molar-refractivity contribution in [3.8, 4) is 5.75 Å². The molecule has 1 unspecified atom stereocenters. The van der Waals surface area contributed by atoms with E-state index in [2.05, 4.69) is 15.3 Å². The van der Waals surface area contributed by atoms with Crippen molar-refractivity contribution in [2.75, 3.05) is 13.2 Å². The van der Waals surface area contributed by atoms with Crippen LogP contribution in [-0.4, -0.2) is 29.8 Å². The molecule has 5 nitrogen and oxygen atoms in total. The maximum Gasteiger partial charge on any atom is 0.139 e. The zero-order chi connectivity index (χ0) is 17.2. The lowest BCUT2D eigenvalue weighted by atomic mass is 9.94. The van der Waals surface area contributed by atoms with Crippen molar-refractivity contribution in [2.45, 2.75) is 32.2 Å². The summed E-state index contributed by atoms with van der Waals surface area (Å²) in [7, 11) is 0. The second-order valence-corrected chi connectivity index (χ2v) is 6.49. The number of aromatic nitrogens is 1. The van der Waals surface area contributed by atoms with Gasteiger partial charge in [-0.1, -0.05) is 18.2 Å². The Morgan fingerprint density at radius 1 is 1.36 bits per heavy atom. The lowest BCUT2D eigenvalue weighted by molar-refractivity contribution is -0.118. The average molecular weight is 335 g/mol. The summed E-state index contributed by atoms with van der Waals surface area (Å²) in [5.41, 5.74) is 4.16. The van der Waals surface area contributed by atoms with Gasteiger partial charge in [0.1, 0.15) is 17.4 Å². The van der Waals surface area contributed by atoms with Gasteiger partial charge >= 0.3 is 0 Å². The Hall–Kier alpha value is -2.69. The highest BCUT2D eigenvalue weighted by atomic mass is 16.5. The first-order valence-electron chi connectivity index (χ1n) is 8.74. The molecule has 0 spiro atoms. The van der Waals surface area contributed by atoms with Crippen LogP contribution in [0, 0.1) is 0 Å². The molecule has 0 saturated carbocycles. The van der Waals surface area contributed by atoms with Crippen LogP contribution in [0.5, 0.6) is 5.75 Å². The minimum atomic E-state index is 0.154. The van der Waals surface area contributed by atoms with E-state index in [1.54, 1.807) is 0 Å². The van der Waals surface area contributed by atoms with E-state index >= 15 is 0 Å². The van der Waals surface area contributed by atoms with Gasteiger partial charge in [0.2, 0.25) is 0 Å². The molecule has 3 heterocycles. The van der Waals surface area contributed by atoms with Crippen LogP contribution in [-0.2, 0) is 17.8 Å². The van der Waals surface area contributed by atoms with Crippen molar-refractivity contribution >= 4 is 11.6 Å². The number of ketones is 1. The molecule has 5 heteroatoms. The number of Topliss-reactive ketones (excluding diaryl/α,β-unsaturated/α-hetero) is 1. The first-order valence-corrected chi connectivity index (χ1v) is 8.74. The van der Waals surface area contributed by atoms with Crippen molar-refractivity contribution in [3.63, 3.8) is 0 Å². The Morgan fingerprint density at radius 2 is 2.24 bits per heavy atom. The molecule has 0 saturated heterocycles. The van der Waals surface area contributed by atoms with Gasteiger partial charge < -0.3 is 10.1 Å². The first kappa shape index (κ1) is 15.8. The Morgan fingerprint density at radius 3 is 3.12 bits per heavy atom. The second-order valence-electron chi connectivity index (χ2n) is 6.49. The lowest BCUT2D eigenvalue weighted by Gasteiger charge is -2.09. The number of nitrogens with one attached hydrogen (secondary N) is 1. The fourth-order valence-corrected chi connectivity index (χ4v) is 3.50. The summed E-state index contributed by atoms with van der Waals surface area (Å²) in [6.45, 7) is 4.13. The number of hydrogen-bond donors (Lipinski definition) is 1. The number of aliphatic imine (C=N–C) groups is 1. The summed E-state index contributed by atoms with van der Waals surface area (Å²) in [6.07, 6.45) is 2.69. The van der Waals surface area contributed by atoms with Crippen molar-refractivity contribution in [1.29, 1.82) is 0 Å². The predicted octanol–water partition coefficient (Wildman–Crippen LogP) is 2.63. The summed E-state index contributed by atoms with van der Waals surface area (Å²) in [4.78, 5) is 21.5. The molecule has 1 atom stereocenters. The SMILES string of the molecule is CCNC1=NCc2cc(CC(=O)CC3COc4ccccc43)ncc21. The number of amidine groups is 1. The summed E-state index contributed by atoms with van der Waals surface area (Å²) in [6, 6.07) is 9.98. The van der Waals surface area contributed by atoms with Crippen LogP contribution in [0.4, 0.5) is 0 Å². The minimum absolute atomic E-state index is 0.154. The number of ether oxygens (including phenoxy) is 1. The van der Waals surface area contributed by atoms with E-state index in [0.29, 0.717) is 26.0 Å². The molecule has 0 radical (unpaired) electrons. The van der Waals surface area contributed by atoms with E-state index in [-0.39, 0.29) is 11.7 Å². The standard InChI is InChI=1S/C20H21N3O2/c1-2-21-20-18-11-22-15(7-13(18)10-23-20)9-16(24)8-14-12-25-19-6-4-3-5-17(14)19/h3-7,11,14H,2,8-10,12H2,1H3,(H,21,23). The van der Waals surface area contributed by atoms with E-state index in [9.17, 15) is 4.79 Å². The second kappa shape index (κ2) is 6.67. The van der Waals surface area contributed by atoms with E-state index in [4.69, 9.17) is 4.74 Å². The van der Waals surface area contributed by atoms with Gasteiger partial charge in [-0.3, -0.25) is 14.8 Å². The van der Waals surface area contributed by atoms with Gasteiger partial charge in [0, 0.05) is 48.3 Å². The monoisotopic (exact) mass is 335 g/mol. The highest BCUT2D eigenvalue weighted by Gasteiger charge is 2.26. The molecule has 1 aromatic heterocycles. The quantitative estimate of drug-likeness (QED) is 0.912. The highest BCUT2D eigenvalue weighted by molar-refractivity contribution is 6.01. The van der Waals surface area contributed by atoms with Gasteiger partial charge in [0.05, 0.1) is 13.2 Å². The van der Waals surface area contributed by atoms with Crippen molar-refractivity contribution < 1.29 is 9.53 Å². The molecule has 0 fully saturated rings. The zero-order valence-electron chi connectivity index (χ0n) is 14.3. The predicted molar refractivity (Wildman–Crippen MR) is 96.2 cm³/mol. The maximum absolute atomic E-state index is 12.5. The molecule has 1 N–H and O–H groups in total. The Balaban J connectivity index is 1.41. The third-order valence-corrected chi connectivity index (χ3v) is 4.70. The Bertz CT molecular complexity index is 845. The summed E-state index contributed by atoms with van der Waals surface area (Å²) >= 11 is 0. The van der Waals surface area contributed by atoms with Gasteiger partial charge in [-0.15, -0.1) is 0 Å². The maximum atomic E-state index is 12.5. The molecular formula is C20H21N3O2. The molecule has 2 aromatic rings. The third kappa shape index (κ3) is 3.14. The Labute approximate surface area is 147 Å². The average Bonchev–Trinajstić information content (AvgIpc) is 3.20. The number of rotatable bonds is 5. The van der Waals surface area contributed by atoms with Gasteiger partial charge in [0.15, 0.2) is 0 Å². The topological polar surface area (TPSA) is 63.6 Å². The molecule has 25 heavy (non-hydrogen) atoms. The summed E-state index contributed by atoms with van der Waals surface area (Å²) in [5, 5.41) is 3.25. The molecule has 4 rings (SSSR count). The number of carbonyl (C=O) groups excluding carboxylic acids is 1. The number of carbonyl (C=O) groups is 1. The van der Waals surface area contributed by atoms with Gasteiger partial charge in [-0.05, 0) is 24.6 Å². The van der Waals surface area contributed by atoms with Crippen LogP contribution in [0.15, 0.2) is 41.5 Å². The molecule has 0 aliphatic carbocycles. The number of para-hydroxylation sites is 1. The van der Waals surface area contributed by atoms with E-state index in [1.165, 1.54) is 0 Å². The van der Waals surface area contributed by atoms with Crippen LogP contribution in [0.2, 0.25) is 0 Å². The van der Waals surface area contributed by atoms with Crippen LogP contribution in [0.25, 0.3) is 0 Å². The molecule has 1 aromatic carbocycles. The number of hydrogen-bond acceptors (Lipinski definition) is 5. The molecule has 128 valence electrons. The number of pyridine rings is 1. The fraction of sp³-hybridized carbons (Fsp3) is 0.350. The molecule has 2 aliphatic rings. The summed E-state index contributed by atoms with van der Waals surface area (Å²) < 4.78 is 5.67. The van der Waals surface area contributed by atoms with Crippen LogP contribution >= 0.6 is 0 Å². The van der Waals surface area contributed by atoms with Gasteiger partial charge in [-0.2, -0.15) is 0 Å². The number of nitrogens with zero attached hydrogens (tertiary/aromatic N) is 2. The molecule has 0 bridgehead atoms. The van der Waals surface area contributed by atoms with Crippen molar-refractivity contribution in [1.82, 2.24) is 10.3 Å². The Kier molecular flexibility index (Phi) is 4.22. The number of benzene rings is 1. The zero-order valence-corrected chi connectivity index (χ0v) is 14.3. The first-order chi connectivity index (χ1) is 12.2. The lowest BCUT2D eigenvalue weighted by Crippen LogP contribution is -2.22. The van der Waals surface area contributed by atoms with Crippen LogP contribution < -0.4 is 10.1 Å². The van der Waals surface area contributed by atoms with Crippen LogP contribution in [0.1, 0.15) is 41.6 Å². The van der Waals surface area contributed by atoms with Gasteiger partial charge in [-0.25, -0.2) is 0 Å². The van der Waals surface area contributed by atoms with E-state index < -0.39 is 0 Å². The largest absolute Gasteiger partial charge is 0.493 e.